The van der Waals surface area contributed by atoms with Crippen molar-refractivity contribution in [1.29, 1.82) is 0 Å². The molecule has 0 bridgehead atoms. The number of likely N-dealkylation sites (tertiary alicyclic amines) is 2. The Bertz CT molecular complexity index is 523. The van der Waals surface area contributed by atoms with E-state index in [1.54, 1.807) is 7.11 Å². The first kappa shape index (κ1) is 17.3. The SMILES string of the molecule is COc1ccc(C(=O)N2CCCC[C@H]2CCN2CCCCC2)cc1. The largest absolute Gasteiger partial charge is 0.497 e. The molecular formula is C20H30N2O2. The molecule has 2 aliphatic heterocycles. The molecule has 0 saturated carbocycles. The second kappa shape index (κ2) is 8.52. The van der Waals surface area contributed by atoms with Gasteiger partial charge in [0, 0.05) is 24.7 Å². The second-order valence-electron chi connectivity index (χ2n) is 7.07. The Morgan fingerprint density at radius 2 is 1.75 bits per heavy atom. The van der Waals surface area contributed by atoms with E-state index in [1.165, 1.54) is 38.8 Å². The summed E-state index contributed by atoms with van der Waals surface area (Å²) in [4.78, 5) is 17.6. The third-order valence-electron chi connectivity index (χ3n) is 5.45. The summed E-state index contributed by atoms with van der Waals surface area (Å²) in [5.41, 5.74) is 0.778. The number of methoxy groups -OCH3 is 1. The van der Waals surface area contributed by atoms with E-state index in [0.29, 0.717) is 6.04 Å². The van der Waals surface area contributed by atoms with Crippen LogP contribution in [0.2, 0.25) is 0 Å². The fraction of sp³-hybridized carbons (Fsp3) is 0.650. The minimum Gasteiger partial charge on any atom is -0.497 e. The van der Waals surface area contributed by atoms with Crippen LogP contribution >= 0.6 is 0 Å². The van der Waals surface area contributed by atoms with E-state index in [2.05, 4.69) is 9.80 Å². The first-order chi connectivity index (χ1) is 11.8. The molecule has 0 aromatic heterocycles. The number of carbonyl (C=O) groups is 1. The molecule has 2 fully saturated rings. The average molecular weight is 330 g/mol. The Kier molecular flexibility index (Phi) is 6.13. The zero-order chi connectivity index (χ0) is 16.8. The molecule has 0 radical (unpaired) electrons. The van der Waals surface area contributed by atoms with Crippen LogP contribution in [-0.2, 0) is 0 Å². The molecule has 2 aliphatic rings. The number of carbonyl (C=O) groups excluding carboxylic acids is 1. The van der Waals surface area contributed by atoms with Gasteiger partial charge in [-0.25, -0.2) is 0 Å². The molecule has 2 saturated heterocycles. The number of nitrogens with zero attached hydrogens (tertiary/aromatic N) is 2. The molecule has 0 spiro atoms. The molecule has 1 aromatic rings. The zero-order valence-corrected chi connectivity index (χ0v) is 14.9. The van der Waals surface area contributed by atoms with Crippen molar-refractivity contribution in [3.63, 3.8) is 0 Å². The predicted octanol–water partition coefficient (Wildman–Crippen LogP) is 3.57. The Labute approximate surface area is 145 Å². The van der Waals surface area contributed by atoms with Gasteiger partial charge in [-0.1, -0.05) is 6.42 Å². The molecule has 2 heterocycles. The van der Waals surface area contributed by atoms with Crippen molar-refractivity contribution in [2.24, 2.45) is 0 Å². The third-order valence-corrected chi connectivity index (χ3v) is 5.45. The summed E-state index contributed by atoms with van der Waals surface area (Å²) in [5.74, 6) is 0.979. The van der Waals surface area contributed by atoms with Crippen molar-refractivity contribution in [3.8, 4) is 5.75 Å². The summed E-state index contributed by atoms with van der Waals surface area (Å²) in [6, 6.07) is 7.92. The standard InChI is InChI=1S/C20H30N2O2/c1-24-19-10-8-17(9-11-19)20(23)22-15-6-3-7-18(22)12-16-21-13-4-2-5-14-21/h8-11,18H,2-7,12-16H2,1H3/t18-/m0/s1. The van der Waals surface area contributed by atoms with Crippen LogP contribution in [0.15, 0.2) is 24.3 Å². The lowest BCUT2D eigenvalue weighted by molar-refractivity contribution is 0.0579. The van der Waals surface area contributed by atoms with E-state index >= 15 is 0 Å². The van der Waals surface area contributed by atoms with Gasteiger partial charge in [0.05, 0.1) is 7.11 Å². The van der Waals surface area contributed by atoms with E-state index in [4.69, 9.17) is 4.74 Å². The summed E-state index contributed by atoms with van der Waals surface area (Å²) in [7, 11) is 1.65. The van der Waals surface area contributed by atoms with Crippen LogP contribution in [-0.4, -0.2) is 55.0 Å². The van der Waals surface area contributed by atoms with Crippen LogP contribution < -0.4 is 4.74 Å². The molecule has 1 amide bonds. The molecular weight excluding hydrogens is 300 g/mol. The van der Waals surface area contributed by atoms with Crippen LogP contribution in [0, 0.1) is 0 Å². The van der Waals surface area contributed by atoms with Crippen molar-refractivity contribution >= 4 is 5.91 Å². The highest BCUT2D eigenvalue weighted by Crippen LogP contribution is 2.24. The highest BCUT2D eigenvalue weighted by atomic mass is 16.5. The van der Waals surface area contributed by atoms with Crippen LogP contribution in [0.25, 0.3) is 0 Å². The molecule has 4 nitrogen and oxygen atoms in total. The number of rotatable bonds is 5. The highest BCUT2D eigenvalue weighted by Gasteiger charge is 2.27. The van der Waals surface area contributed by atoms with Gasteiger partial charge in [0.1, 0.15) is 5.75 Å². The first-order valence-corrected chi connectivity index (χ1v) is 9.45. The van der Waals surface area contributed by atoms with E-state index in [1.807, 2.05) is 24.3 Å². The maximum atomic E-state index is 12.9. The smallest absolute Gasteiger partial charge is 0.254 e. The average Bonchev–Trinajstić information content (AvgIpc) is 2.67. The minimum atomic E-state index is 0.181. The lowest BCUT2D eigenvalue weighted by Gasteiger charge is -2.37. The summed E-state index contributed by atoms with van der Waals surface area (Å²) >= 11 is 0. The van der Waals surface area contributed by atoms with Gasteiger partial charge in [-0.05, 0) is 75.9 Å². The highest BCUT2D eigenvalue weighted by molar-refractivity contribution is 5.94. The Balaban J connectivity index is 1.60. The summed E-state index contributed by atoms with van der Waals surface area (Å²) in [6.45, 7) is 4.50. The summed E-state index contributed by atoms with van der Waals surface area (Å²) < 4.78 is 5.19. The molecule has 24 heavy (non-hydrogen) atoms. The van der Waals surface area contributed by atoms with Crippen molar-refractivity contribution in [3.05, 3.63) is 29.8 Å². The van der Waals surface area contributed by atoms with E-state index in [9.17, 15) is 4.79 Å². The van der Waals surface area contributed by atoms with Crippen molar-refractivity contribution in [1.82, 2.24) is 9.80 Å². The lowest BCUT2D eigenvalue weighted by Crippen LogP contribution is -2.45. The monoisotopic (exact) mass is 330 g/mol. The van der Waals surface area contributed by atoms with Gasteiger partial charge in [-0.15, -0.1) is 0 Å². The number of hydrogen-bond acceptors (Lipinski definition) is 3. The van der Waals surface area contributed by atoms with Crippen LogP contribution in [0.5, 0.6) is 5.75 Å². The number of benzene rings is 1. The maximum absolute atomic E-state index is 12.9. The van der Waals surface area contributed by atoms with Gasteiger partial charge in [0.15, 0.2) is 0 Å². The Hall–Kier alpha value is -1.55. The van der Waals surface area contributed by atoms with Crippen molar-refractivity contribution in [2.45, 2.75) is 51.0 Å². The Morgan fingerprint density at radius 1 is 1.04 bits per heavy atom. The zero-order valence-electron chi connectivity index (χ0n) is 14.9. The van der Waals surface area contributed by atoms with Gasteiger partial charge in [0.25, 0.3) is 5.91 Å². The predicted molar refractivity (Wildman–Crippen MR) is 96.6 cm³/mol. The molecule has 132 valence electrons. The van der Waals surface area contributed by atoms with E-state index in [-0.39, 0.29) is 5.91 Å². The molecule has 3 rings (SSSR count). The first-order valence-electron chi connectivity index (χ1n) is 9.45. The quantitative estimate of drug-likeness (QED) is 0.827. The topological polar surface area (TPSA) is 32.8 Å². The molecule has 0 N–H and O–H groups in total. The van der Waals surface area contributed by atoms with E-state index < -0.39 is 0 Å². The number of ether oxygens (including phenoxy) is 1. The van der Waals surface area contributed by atoms with Crippen molar-refractivity contribution < 1.29 is 9.53 Å². The fourth-order valence-corrected chi connectivity index (χ4v) is 3.98. The molecule has 0 aliphatic carbocycles. The number of hydrogen-bond donors (Lipinski definition) is 0. The normalized spacial score (nSPS) is 22.4. The molecule has 1 aromatic carbocycles. The number of piperidine rings is 2. The van der Waals surface area contributed by atoms with Crippen molar-refractivity contribution in [2.75, 3.05) is 33.3 Å². The Morgan fingerprint density at radius 3 is 2.46 bits per heavy atom. The lowest BCUT2D eigenvalue weighted by atomic mass is 9.97. The third kappa shape index (κ3) is 4.29. The van der Waals surface area contributed by atoms with E-state index in [0.717, 1.165) is 43.7 Å². The van der Waals surface area contributed by atoms with Gasteiger partial charge < -0.3 is 14.5 Å². The second-order valence-corrected chi connectivity index (χ2v) is 7.07. The molecule has 1 atom stereocenters. The molecule has 0 unspecified atom stereocenters. The fourth-order valence-electron chi connectivity index (χ4n) is 3.98. The van der Waals surface area contributed by atoms with Gasteiger partial charge >= 0.3 is 0 Å². The van der Waals surface area contributed by atoms with Crippen LogP contribution in [0.4, 0.5) is 0 Å². The summed E-state index contributed by atoms with van der Waals surface area (Å²) in [6.07, 6.45) is 8.68. The summed E-state index contributed by atoms with van der Waals surface area (Å²) in [5, 5.41) is 0. The van der Waals surface area contributed by atoms with Gasteiger partial charge in [-0.2, -0.15) is 0 Å². The maximum Gasteiger partial charge on any atom is 0.254 e. The van der Waals surface area contributed by atoms with Crippen LogP contribution in [0.1, 0.15) is 55.3 Å². The van der Waals surface area contributed by atoms with Crippen LogP contribution in [0.3, 0.4) is 0 Å². The molecule has 4 heteroatoms. The van der Waals surface area contributed by atoms with Gasteiger partial charge in [-0.3, -0.25) is 4.79 Å². The minimum absolute atomic E-state index is 0.181. The van der Waals surface area contributed by atoms with Gasteiger partial charge in [0.2, 0.25) is 0 Å². The number of amides is 1.